The predicted molar refractivity (Wildman–Crippen MR) is 63.2 cm³/mol. The molecule has 1 aromatic rings. The van der Waals surface area contributed by atoms with Crippen molar-refractivity contribution in [2.75, 3.05) is 0 Å². The van der Waals surface area contributed by atoms with Gasteiger partial charge in [-0.05, 0) is 29.5 Å². The van der Waals surface area contributed by atoms with Crippen LogP contribution in [0.15, 0.2) is 33.6 Å². The van der Waals surface area contributed by atoms with Gasteiger partial charge in [0.05, 0.1) is 4.91 Å². The zero-order chi connectivity index (χ0) is 10.8. The van der Waals surface area contributed by atoms with E-state index < -0.39 is 0 Å². The number of hydrogen-bond acceptors (Lipinski definition) is 3. The van der Waals surface area contributed by atoms with E-state index in [4.69, 9.17) is 0 Å². The molecule has 1 aromatic carbocycles. The number of thioether (sulfide) groups is 1. The molecule has 5 heteroatoms. The molecule has 1 fully saturated rings. The first-order chi connectivity index (χ1) is 7.16. The number of rotatable bonds is 1. The smallest absolute Gasteiger partial charge is 0.282 e. The molecule has 15 heavy (non-hydrogen) atoms. The van der Waals surface area contributed by atoms with Gasteiger partial charge in [-0.1, -0.05) is 34.1 Å². The average Bonchev–Trinajstić information content (AvgIpc) is 2.49. The highest BCUT2D eigenvalue weighted by Gasteiger charge is 2.24. The molecule has 76 valence electrons. The van der Waals surface area contributed by atoms with E-state index in [0.29, 0.717) is 4.91 Å². The molecule has 3 nitrogen and oxygen atoms in total. The predicted octanol–water partition coefficient (Wildman–Crippen LogP) is 2.77. The van der Waals surface area contributed by atoms with Gasteiger partial charge in [-0.3, -0.25) is 14.9 Å². The molecule has 2 rings (SSSR count). The largest absolute Gasteiger partial charge is 0.290 e. The summed E-state index contributed by atoms with van der Waals surface area (Å²) < 4.78 is 0.894. The second-order valence-corrected chi connectivity index (χ2v) is 4.74. The Bertz CT molecular complexity index is 470. The van der Waals surface area contributed by atoms with E-state index in [9.17, 15) is 9.59 Å². The second-order valence-electron chi connectivity index (χ2n) is 2.87. The molecule has 1 heterocycles. The summed E-state index contributed by atoms with van der Waals surface area (Å²) in [6, 6.07) is 7.51. The fourth-order valence-electron chi connectivity index (χ4n) is 1.15. The van der Waals surface area contributed by atoms with Crippen molar-refractivity contribution in [2.24, 2.45) is 0 Å². The maximum absolute atomic E-state index is 11.3. The van der Waals surface area contributed by atoms with Crippen LogP contribution in [-0.2, 0) is 4.79 Å². The first kappa shape index (κ1) is 10.4. The third-order valence-electron chi connectivity index (χ3n) is 1.83. The molecule has 1 aliphatic rings. The molecular formula is C10H6BrNO2S. The molecule has 0 bridgehead atoms. The van der Waals surface area contributed by atoms with Crippen LogP contribution in [0.5, 0.6) is 0 Å². The minimum atomic E-state index is -0.333. The van der Waals surface area contributed by atoms with Crippen molar-refractivity contribution >= 4 is 44.9 Å². The number of nitrogens with one attached hydrogen (secondary N) is 1. The fourth-order valence-corrected chi connectivity index (χ4v) is 2.23. The van der Waals surface area contributed by atoms with Crippen LogP contribution in [0.4, 0.5) is 4.79 Å². The van der Waals surface area contributed by atoms with Crippen LogP contribution in [-0.4, -0.2) is 11.1 Å². The molecule has 2 amide bonds. The van der Waals surface area contributed by atoms with Crippen molar-refractivity contribution in [3.8, 4) is 0 Å². The molecule has 0 atom stereocenters. The molecule has 0 unspecified atom stereocenters. The van der Waals surface area contributed by atoms with Crippen LogP contribution in [0.25, 0.3) is 6.08 Å². The maximum atomic E-state index is 11.3. The Labute approximate surface area is 99.1 Å². The summed E-state index contributed by atoms with van der Waals surface area (Å²) in [4.78, 5) is 22.6. The van der Waals surface area contributed by atoms with Gasteiger partial charge in [-0.2, -0.15) is 0 Å². The minimum Gasteiger partial charge on any atom is -0.282 e. The number of carbonyl (C=O) groups excluding carboxylic acids is 2. The minimum absolute atomic E-state index is 0.321. The summed E-state index contributed by atoms with van der Waals surface area (Å²) in [6.45, 7) is 0. The molecular weight excluding hydrogens is 278 g/mol. The third-order valence-corrected chi connectivity index (χ3v) is 3.37. The summed E-state index contributed by atoms with van der Waals surface area (Å²) in [7, 11) is 0. The molecule has 0 aliphatic carbocycles. The first-order valence-electron chi connectivity index (χ1n) is 4.16. The van der Waals surface area contributed by atoms with E-state index in [1.54, 1.807) is 6.08 Å². The lowest BCUT2D eigenvalue weighted by atomic mass is 10.2. The van der Waals surface area contributed by atoms with Crippen LogP contribution in [0.3, 0.4) is 0 Å². The highest BCUT2D eigenvalue weighted by atomic mass is 79.9. The Morgan fingerprint density at radius 3 is 2.60 bits per heavy atom. The maximum Gasteiger partial charge on any atom is 0.290 e. The SMILES string of the molecule is O=C1NC(=O)/C(=C\c2ccccc2Br)S1. The van der Waals surface area contributed by atoms with Crippen LogP contribution in [0, 0.1) is 0 Å². The lowest BCUT2D eigenvalue weighted by Gasteiger charge is -1.97. The van der Waals surface area contributed by atoms with Gasteiger partial charge >= 0.3 is 0 Å². The van der Waals surface area contributed by atoms with E-state index in [0.717, 1.165) is 21.8 Å². The number of imide groups is 1. The van der Waals surface area contributed by atoms with Gasteiger partial charge in [0.25, 0.3) is 11.1 Å². The lowest BCUT2D eigenvalue weighted by molar-refractivity contribution is -0.115. The van der Waals surface area contributed by atoms with Gasteiger partial charge in [0.1, 0.15) is 0 Å². The Hall–Kier alpha value is -1.07. The summed E-state index contributed by atoms with van der Waals surface area (Å²) >= 11 is 4.29. The van der Waals surface area contributed by atoms with Crippen LogP contribution in [0.2, 0.25) is 0 Å². The third kappa shape index (κ3) is 2.30. The Kier molecular flexibility index (Phi) is 2.93. The normalized spacial score (nSPS) is 18.3. The van der Waals surface area contributed by atoms with E-state index >= 15 is 0 Å². The van der Waals surface area contributed by atoms with Crippen LogP contribution in [0.1, 0.15) is 5.56 Å². The number of carbonyl (C=O) groups is 2. The molecule has 0 spiro atoms. The summed E-state index contributed by atoms with van der Waals surface area (Å²) in [5.41, 5.74) is 0.879. The van der Waals surface area contributed by atoms with Gasteiger partial charge in [-0.15, -0.1) is 0 Å². The van der Waals surface area contributed by atoms with E-state index in [-0.39, 0.29) is 11.1 Å². The Morgan fingerprint density at radius 1 is 1.27 bits per heavy atom. The van der Waals surface area contributed by atoms with E-state index in [2.05, 4.69) is 21.2 Å². The monoisotopic (exact) mass is 283 g/mol. The van der Waals surface area contributed by atoms with Crippen molar-refractivity contribution in [3.05, 3.63) is 39.2 Å². The van der Waals surface area contributed by atoms with Crippen molar-refractivity contribution in [3.63, 3.8) is 0 Å². The summed E-state index contributed by atoms with van der Waals surface area (Å²) in [5.74, 6) is -0.333. The van der Waals surface area contributed by atoms with E-state index in [1.807, 2.05) is 24.3 Å². The van der Waals surface area contributed by atoms with Gasteiger partial charge in [0.15, 0.2) is 0 Å². The van der Waals surface area contributed by atoms with Crippen LogP contribution >= 0.6 is 27.7 Å². The molecule has 1 saturated heterocycles. The van der Waals surface area contributed by atoms with Gasteiger partial charge in [0.2, 0.25) is 0 Å². The van der Waals surface area contributed by atoms with Gasteiger partial charge < -0.3 is 0 Å². The van der Waals surface area contributed by atoms with Crippen molar-refractivity contribution in [1.29, 1.82) is 0 Å². The van der Waals surface area contributed by atoms with Crippen molar-refractivity contribution in [2.45, 2.75) is 0 Å². The topological polar surface area (TPSA) is 46.2 Å². The van der Waals surface area contributed by atoms with Gasteiger partial charge in [-0.25, -0.2) is 0 Å². The molecule has 1 N–H and O–H groups in total. The first-order valence-corrected chi connectivity index (χ1v) is 5.77. The molecule has 1 aliphatic heterocycles. The zero-order valence-electron chi connectivity index (χ0n) is 7.49. The average molecular weight is 284 g/mol. The Balaban J connectivity index is 2.35. The zero-order valence-corrected chi connectivity index (χ0v) is 9.89. The van der Waals surface area contributed by atoms with Gasteiger partial charge in [0, 0.05) is 4.47 Å². The lowest BCUT2D eigenvalue weighted by Crippen LogP contribution is -2.17. The molecule has 0 saturated carbocycles. The standard InChI is InChI=1S/C10H6BrNO2S/c11-7-4-2-1-3-6(7)5-8-9(13)12-10(14)15-8/h1-5H,(H,12,13,14)/b8-5+. The number of halogens is 1. The summed E-state index contributed by atoms with van der Waals surface area (Å²) in [5, 5.41) is 1.89. The van der Waals surface area contributed by atoms with Crippen molar-refractivity contribution in [1.82, 2.24) is 5.32 Å². The van der Waals surface area contributed by atoms with Crippen LogP contribution < -0.4 is 5.32 Å². The molecule has 0 aromatic heterocycles. The quantitative estimate of drug-likeness (QED) is 0.807. The fraction of sp³-hybridized carbons (Fsp3) is 0. The summed E-state index contributed by atoms with van der Waals surface area (Å²) in [6.07, 6.45) is 1.69. The number of benzene rings is 1. The highest BCUT2D eigenvalue weighted by Crippen LogP contribution is 2.27. The number of amides is 2. The van der Waals surface area contributed by atoms with Crippen molar-refractivity contribution < 1.29 is 9.59 Å². The highest BCUT2D eigenvalue weighted by molar-refractivity contribution is 9.10. The second kappa shape index (κ2) is 4.20. The van der Waals surface area contributed by atoms with E-state index in [1.165, 1.54) is 0 Å². The Morgan fingerprint density at radius 2 is 2.00 bits per heavy atom. The number of hydrogen-bond donors (Lipinski definition) is 1. The molecule has 0 radical (unpaired) electrons.